The highest BCUT2D eigenvalue weighted by atomic mass is 32.2. The summed E-state index contributed by atoms with van der Waals surface area (Å²) in [6.45, 7) is 2.82. The van der Waals surface area contributed by atoms with Gasteiger partial charge in [0, 0.05) is 37.3 Å². The second-order valence-electron chi connectivity index (χ2n) is 9.49. The molecule has 0 spiro atoms. The summed E-state index contributed by atoms with van der Waals surface area (Å²) in [6.07, 6.45) is 1.22. The zero-order valence-corrected chi connectivity index (χ0v) is 21.5. The van der Waals surface area contributed by atoms with Gasteiger partial charge < -0.3 is 15.5 Å². The van der Waals surface area contributed by atoms with Crippen LogP contribution in [0.25, 0.3) is 0 Å². The highest BCUT2D eigenvalue weighted by Crippen LogP contribution is 2.36. The van der Waals surface area contributed by atoms with Gasteiger partial charge in [-0.25, -0.2) is 8.42 Å². The SMILES string of the molecule is CC(=O)N(O)C(=O)C1(S(=O)(=O)c2ccc(N3CCC(C(=O)Nc4ccccc4)CC3)cc2)CCNCC1. The minimum absolute atomic E-state index is 0.00674. The fraction of sp³-hybridized carbons (Fsp3) is 0.423. The molecule has 2 fully saturated rings. The Bertz CT molecular complexity index is 1240. The fourth-order valence-electron chi connectivity index (χ4n) is 4.99. The van der Waals surface area contributed by atoms with Gasteiger partial charge in [-0.15, -0.1) is 0 Å². The van der Waals surface area contributed by atoms with Gasteiger partial charge in [0.15, 0.2) is 14.6 Å². The first-order valence-electron chi connectivity index (χ1n) is 12.4. The topological polar surface area (TPSA) is 136 Å². The van der Waals surface area contributed by atoms with Crippen LogP contribution >= 0.6 is 0 Å². The van der Waals surface area contributed by atoms with Gasteiger partial charge in [-0.2, -0.15) is 5.06 Å². The van der Waals surface area contributed by atoms with Crippen molar-refractivity contribution in [2.24, 2.45) is 5.92 Å². The van der Waals surface area contributed by atoms with Crippen LogP contribution in [0.2, 0.25) is 0 Å². The Balaban J connectivity index is 1.45. The van der Waals surface area contributed by atoms with Gasteiger partial charge in [0.05, 0.1) is 4.90 Å². The van der Waals surface area contributed by atoms with Crippen molar-refractivity contribution in [3.8, 4) is 0 Å². The molecule has 0 bridgehead atoms. The number of nitrogens with one attached hydrogen (secondary N) is 2. The number of imide groups is 1. The maximum atomic E-state index is 13.7. The molecule has 2 aliphatic heterocycles. The lowest BCUT2D eigenvalue weighted by atomic mass is 9.95. The van der Waals surface area contributed by atoms with E-state index >= 15 is 0 Å². The van der Waals surface area contributed by atoms with Crippen molar-refractivity contribution < 1.29 is 28.0 Å². The summed E-state index contributed by atoms with van der Waals surface area (Å²) in [6, 6.07) is 15.6. The molecular weight excluding hydrogens is 496 g/mol. The van der Waals surface area contributed by atoms with E-state index in [1.807, 2.05) is 30.3 Å². The third kappa shape index (κ3) is 5.39. The van der Waals surface area contributed by atoms with Gasteiger partial charge in [0.25, 0.3) is 5.91 Å². The summed E-state index contributed by atoms with van der Waals surface area (Å²) in [4.78, 5) is 39.3. The van der Waals surface area contributed by atoms with Crippen LogP contribution in [0.4, 0.5) is 11.4 Å². The van der Waals surface area contributed by atoms with Crippen LogP contribution in [0.5, 0.6) is 0 Å². The fourth-order valence-corrected chi connectivity index (χ4v) is 7.00. The number of sulfone groups is 1. The van der Waals surface area contributed by atoms with Crippen LogP contribution in [-0.2, 0) is 24.2 Å². The Labute approximate surface area is 216 Å². The van der Waals surface area contributed by atoms with Gasteiger partial charge in [0.1, 0.15) is 0 Å². The molecule has 2 saturated heterocycles. The van der Waals surface area contributed by atoms with E-state index < -0.39 is 26.4 Å². The first-order chi connectivity index (χ1) is 17.7. The molecule has 0 atom stereocenters. The van der Waals surface area contributed by atoms with Crippen LogP contribution in [0, 0.1) is 5.92 Å². The number of carbonyl (C=O) groups is 3. The average molecular weight is 529 g/mol. The van der Waals surface area contributed by atoms with E-state index in [1.165, 1.54) is 12.1 Å². The van der Waals surface area contributed by atoms with Gasteiger partial charge in [-0.3, -0.25) is 19.6 Å². The summed E-state index contributed by atoms with van der Waals surface area (Å²) in [7, 11) is -4.21. The summed E-state index contributed by atoms with van der Waals surface area (Å²) >= 11 is 0. The molecule has 0 aliphatic carbocycles. The van der Waals surface area contributed by atoms with Crippen molar-refractivity contribution in [1.29, 1.82) is 0 Å². The molecule has 0 radical (unpaired) electrons. The lowest BCUT2D eigenvalue weighted by molar-refractivity contribution is -0.180. The molecule has 198 valence electrons. The normalized spacial score (nSPS) is 18.2. The Morgan fingerprint density at radius 3 is 2.16 bits per heavy atom. The van der Waals surface area contributed by atoms with E-state index in [2.05, 4.69) is 15.5 Å². The predicted octanol–water partition coefficient (Wildman–Crippen LogP) is 2.20. The smallest absolute Gasteiger partial charge is 0.275 e. The number of hydrogen-bond acceptors (Lipinski definition) is 8. The van der Waals surface area contributed by atoms with E-state index in [4.69, 9.17) is 0 Å². The maximum Gasteiger partial charge on any atom is 0.275 e. The third-order valence-electron chi connectivity index (χ3n) is 7.23. The predicted molar refractivity (Wildman–Crippen MR) is 138 cm³/mol. The Morgan fingerprint density at radius 1 is 1.00 bits per heavy atom. The number of hydrogen-bond donors (Lipinski definition) is 3. The van der Waals surface area contributed by atoms with Crippen molar-refractivity contribution in [3.63, 3.8) is 0 Å². The van der Waals surface area contributed by atoms with E-state index in [0.29, 0.717) is 25.9 Å². The number of amides is 3. The van der Waals surface area contributed by atoms with E-state index in [9.17, 15) is 28.0 Å². The summed E-state index contributed by atoms with van der Waals surface area (Å²) in [5, 5.41) is 15.9. The largest absolute Gasteiger partial charge is 0.371 e. The highest BCUT2D eigenvalue weighted by molar-refractivity contribution is 7.93. The molecule has 3 N–H and O–H groups in total. The monoisotopic (exact) mass is 528 g/mol. The second-order valence-corrected chi connectivity index (χ2v) is 11.8. The maximum absolute atomic E-state index is 13.7. The standard InChI is InChI=1S/C26H32N4O6S/c1-19(31)30(34)25(33)26(13-15-27-16-14-26)37(35,36)23-9-7-22(8-10-23)29-17-11-20(12-18-29)24(32)28-21-5-3-2-4-6-21/h2-10,20,27,34H,11-18H2,1H3,(H,28,32). The number of hydroxylamine groups is 2. The van der Waals surface area contributed by atoms with Gasteiger partial charge in [0.2, 0.25) is 11.8 Å². The van der Waals surface area contributed by atoms with Crippen molar-refractivity contribution in [2.75, 3.05) is 36.4 Å². The van der Waals surface area contributed by atoms with Crippen molar-refractivity contribution in [2.45, 2.75) is 42.2 Å². The van der Waals surface area contributed by atoms with Gasteiger partial charge >= 0.3 is 0 Å². The van der Waals surface area contributed by atoms with Crippen LogP contribution in [0.3, 0.4) is 0 Å². The van der Waals surface area contributed by atoms with Crippen molar-refractivity contribution in [1.82, 2.24) is 10.4 Å². The quantitative estimate of drug-likeness (QED) is 0.384. The van der Waals surface area contributed by atoms with Crippen molar-refractivity contribution in [3.05, 3.63) is 54.6 Å². The van der Waals surface area contributed by atoms with Gasteiger partial charge in [-0.05, 0) is 75.2 Å². The number of para-hydroxylation sites is 1. The molecule has 2 heterocycles. The minimum Gasteiger partial charge on any atom is -0.371 e. The van der Waals surface area contributed by atoms with Crippen molar-refractivity contribution >= 4 is 38.9 Å². The van der Waals surface area contributed by atoms with Crippen LogP contribution in [0.1, 0.15) is 32.6 Å². The lowest BCUT2D eigenvalue weighted by Gasteiger charge is -2.37. The molecule has 2 aliphatic rings. The zero-order valence-electron chi connectivity index (χ0n) is 20.7. The van der Waals surface area contributed by atoms with Crippen LogP contribution < -0.4 is 15.5 Å². The van der Waals surface area contributed by atoms with Crippen LogP contribution in [0.15, 0.2) is 59.5 Å². The Hall–Kier alpha value is -3.28. The Kier molecular flexibility index (Phi) is 7.96. The summed E-state index contributed by atoms with van der Waals surface area (Å²) in [5.74, 6) is -2.17. The molecule has 2 aromatic carbocycles. The number of anilines is 2. The minimum atomic E-state index is -4.21. The lowest BCUT2D eigenvalue weighted by Crippen LogP contribution is -2.58. The third-order valence-corrected chi connectivity index (χ3v) is 9.73. The molecule has 4 rings (SSSR count). The van der Waals surface area contributed by atoms with E-state index in [0.717, 1.165) is 18.3 Å². The number of piperidine rings is 2. The first-order valence-corrected chi connectivity index (χ1v) is 13.8. The molecule has 3 amide bonds. The van der Waals surface area contributed by atoms with E-state index in [-0.39, 0.29) is 47.7 Å². The number of nitrogens with zero attached hydrogens (tertiary/aromatic N) is 2. The number of benzene rings is 2. The molecule has 37 heavy (non-hydrogen) atoms. The average Bonchev–Trinajstić information content (AvgIpc) is 2.93. The highest BCUT2D eigenvalue weighted by Gasteiger charge is 2.54. The van der Waals surface area contributed by atoms with Crippen LogP contribution in [-0.4, -0.2) is 67.3 Å². The van der Waals surface area contributed by atoms with E-state index in [1.54, 1.807) is 12.1 Å². The molecule has 0 aromatic heterocycles. The molecule has 0 unspecified atom stereocenters. The number of rotatable bonds is 6. The molecule has 11 heteroatoms. The number of carbonyl (C=O) groups excluding carboxylic acids is 3. The zero-order chi connectivity index (χ0) is 26.6. The van der Waals surface area contributed by atoms with Gasteiger partial charge in [-0.1, -0.05) is 18.2 Å². The summed E-state index contributed by atoms with van der Waals surface area (Å²) < 4.78 is 25.4. The Morgan fingerprint density at radius 2 is 1.59 bits per heavy atom. The molecule has 10 nitrogen and oxygen atoms in total. The second kappa shape index (κ2) is 11.0. The molecule has 0 saturated carbocycles. The summed E-state index contributed by atoms with van der Waals surface area (Å²) in [5.41, 5.74) is 1.59. The first kappa shape index (κ1) is 26.8. The molecular formula is C26H32N4O6S. The molecule has 2 aromatic rings.